The van der Waals surface area contributed by atoms with E-state index in [2.05, 4.69) is 38.7 Å². The number of benzene rings is 2. The van der Waals surface area contributed by atoms with Gasteiger partial charge in [-0.1, -0.05) is 37.5 Å². The molecule has 0 spiro atoms. The second-order valence-electron chi connectivity index (χ2n) is 9.67. The highest BCUT2D eigenvalue weighted by atomic mass is 35.5. The largest absolute Gasteiger partial charge is 0.369 e. The minimum atomic E-state index is -0.190. The minimum absolute atomic E-state index is 0. The summed E-state index contributed by atoms with van der Waals surface area (Å²) >= 11 is 0. The van der Waals surface area contributed by atoms with E-state index >= 15 is 0 Å². The lowest BCUT2D eigenvalue weighted by molar-refractivity contribution is 0.247. The lowest BCUT2D eigenvalue weighted by atomic mass is 9.87. The Morgan fingerprint density at radius 3 is 2.17 bits per heavy atom. The molecular formula is C28H36ClFN4O. The highest BCUT2D eigenvalue weighted by molar-refractivity contribution is 5.85. The van der Waals surface area contributed by atoms with Gasteiger partial charge >= 0.3 is 0 Å². The summed E-state index contributed by atoms with van der Waals surface area (Å²) in [6.45, 7) is 5.55. The van der Waals surface area contributed by atoms with Gasteiger partial charge in [-0.3, -0.25) is 14.4 Å². The van der Waals surface area contributed by atoms with Gasteiger partial charge in [0.2, 0.25) is 0 Å². The number of nitrogens with zero attached hydrogens (tertiary/aromatic N) is 4. The second-order valence-corrected chi connectivity index (χ2v) is 9.67. The first-order chi connectivity index (χ1) is 16.7. The average molecular weight is 499 g/mol. The number of hydrogen-bond acceptors (Lipinski definition) is 3. The fourth-order valence-corrected chi connectivity index (χ4v) is 5.58. The first-order valence-corrected chi connectivity index (χ1v) is 12.8. The van der Waals surface area contributed by atoms with Crippen LogP contribution in [0, 0.1) is 5.82 Å². The molecule has 5 nitrogen and oxygen atoms in total. The minimum Gasteiger partial charge on any atom is -0.369 e. The fraction of sp³-hybridized carbons (Fsp3) is 0.464. The van der Waals surface area contributed by atoms with Gasteiger partial charge in [0.05, 0.1) is 5.69 Å². The van der Waals surface area contributed by atoms with Crippen LogP contribution in [0.25, 0.3) is 5.69 Å². The summed E-state index contributed by atoms with van der Waals surface area (Å²) in [5.41, 5.74) is 3.47. The first kappa shape index (κ1) is 25.5. The zero-order valence-corrected chi connectivity index (χ0v) is 21.1. The Bertz CT molecular complexity index is 1110. The highest BCUT2D eigenvalue weighted by Crippen LogP contribution is 2.33. The van der Waals surface area contributed by atoms with Crippen LogP contribution in [-0.4, -0.2) is 47.0 Å². The summed E-state index contributed by atoms with van der Waals surface area (Å²) in [4.78, 5) is 17.9. The summed E-state index contributed by atoms with van der Waals surface area (Å²) < 4.78 is 17.4. The van der Waals surface area contributed by atoms with Crippen LogP contribution in [0.15, 0.2) is 65.5 Å². The molecule has 5 rings (SSSR count). The quantitative estimate of drug-likeness (QED) is 0.433. The van der Waals surface area contributed by atoms with Gasteiger partial charge in [0, 0.05) is 62.6 Å². The molecule has 3 aromatic rings. The summed E-state index contributed by atoms with van der Waals surface area (Å²) in [5.74, 6) is 0.284. The van der Waals surface area contributed by atoms with Crippen LogP contribution in [0.4, 0.5) is 10.1 Å². The number of para-hydroxylation sites is 1. The number of aromatic nitrogens is 2. The molecule has 0 atom stereocenters. The van der Waals surface area contributed by atoms with Gasteiger partial charge in [0.15, 0.2) is 0 Å². The molecule has 1 saturated carbocycles. The van der Waals surface area contributed by atoms with Crippen LogP contribution in [-0.2, 0) is 6.54 Å². The van der Waals surface area contributed by atoms with E-state index in [0.29, 0.717) is 5.92 Å². The number of anilines is 1. The van der Waals surface area contributed by atoms with Gasteiger partial charge in [-0.05, 0) is 55.7 Å². The van der Waals surface area contributed by atoms with Crippen molar-refractivity contribution in [2.24, 2.45) is 0 Å². The second kappa shape index (κ2) is 11.9. The highest BCUT2D eigenvalue weighted by Gasteiger charge is 2.23. The Hall–Kier alpha value is -2.57. The molecule has 2 aromatic carbocycles. The van der Waals surface area contributed by atoms with Crippen LogP contribution < -0.4 is 10.5 Å². The molecule has 0 radical (unpaired) electrons. The van der Waals surface area contributed by atoms with Gasteiger partial charge in [0.1, 0.15) is 5.82 Å². The van der Waals surface area contributed by atoms with Gasteiger partial charge in [-0.15, -0.1) is 12.4 Å². The normalized spacial score (nSPS) is 17.3. The van der Waals surface area contributed by atoms with Crippen molar-refractivity contribution < 1.29 is 4.39 Å². The predicted octanol–water partition coefficient (Wildman–Crippen LogP) is 5.46. The molecule has 1 aliphatic heterocycles. The average Bonchev–Trinajstić information content (AvgIpc) is 3.22. The molecule has 0 N–H and O–H groups in total. The Morgan fingerprint density at radius 2 is 1.49 bits per heavy atom. The number of halogens is 2. The Labute approximate surface area is 213 Å². The van der Waals surface area contributed by atoms with Crippen LogP contribution in [0.3, 0.4) is 0 Å². The lowest BCUT2D eigenvalue weighted by Gasteiger charge is -2.36. The molecule has 7 heteroatoms. The van der Waals surface area contributed by atoms with Crippen molar-refractivity contribution in [3.8, 4) is 5.69 Å². The topological polar surface area (TPSA) is 33.4 Å². The molecule has 0 amide bonds. The van der Waals surface area contributed by atoms with Crippen molar-refractivity contribution in [3.63, 3.8) is 0 Å². The third-order valence-corrected chi connectivity index (χ3v) is 7.44. The Morgan fingerprint density at radius 1 is 0.800 bits per heavy atom. The lowest BCUT2D eigenvalue weighted by Crippen LogP contribution is -2.46. The molecule has 1 saturated heterocycles. The van der Waals surface area contributed by atoms with Crippen LogP contribution in [0.1, 0.15) is 50.1 Å². The Kier molecular flexibility index (Phi) is 8.69. The molecule has 0 bridgehead atoms. The standard InChI is InChI=1S/C28H35FN4O.ClH/c29-24-12-14-25(15-13-24)31-20-18-30(19-21-31)16-7-17-32-28(34)22-27(23-8-3-1-4-9-23)33(32)26-10-5-2-6-11-26;/h2,5-6,10-15,22-23H,1,3-4,7-9,16-21H2;1H. The smallest absolute Gasteiger partial charge is 0.267 e. The van der Waals surface area contributed by atoms with E-state index in [9.17, 15) is 9.18 Å². The van der Waals surface area contributed by atoms with Crippen LogP contribution in [0.5, 0.6) is 0 Å². The van der Waals surface area contributed by atoms with E-state index in [1.807, 2.05) is 28.9 Å². The van der Waals surface area contributed by atoms with Gasteiger partial charge in [-0.25, -0.2) is 9.07 Å². The van der Waals surface area contributed by atoms with Crippen LogP contribution >= 0.6 is 12.4 Å². The fourth-order valence-electron chi connectivity index (χ4n) is 5.58. The molecule has 2 aliphatic rings. The Balaban J connectivity index is 0.00000289. The first-order valence-electron chi connectivity index (χ1n) is 12.8. The predicted molar refractivity (Wildman–Crippen MR) is 143 cm³/mol. The monoisotopic (exact) mass is 498 g/mol. The molecule has 1 aliphatic carbocycles. The molecule has 2 fully saturated rings. The van der Waals surface area contributed by atoms with Crippen molar-refractivity contribution in [2.75, 3.05) is 37.6 Å². The van der Waals surface area contributed by atoms with E-state index in [1.165, 1.54) is 49.9 Å². The molecule has 2 heterocycles. The summed E-state index contributed by atoms with van der Waals surface area (Å²) in [6, 6.07) is 19.0. The van der Waals surface area contributed by atoms with Crippen molar-refractivity contribution >= 4 is 18.1 Å². The van der Waals surface area contributed by atoms with E-state index in [-0.39, 0.29) is 23.8 Å². The summed E-state index contributed by atoms with van der Waals surface area (Å²) in [6.07, 6.45) is 7.10. The molecule has 1 aromatic heterocycles. The van der Waals surface area contributed by atoms with Crippen molar-refractivity contribution in [3.05, 3.63) is 82.5 Å². The van der Waals surface area contributed by atoms with E-state index < -0.39 is 0 Å². The maximum Gasteiger partial charge on any atom is 0.267 e. The van der Waals surface area contributed by atoms with Gasteiger partial charge in [0.25, 0.3) is 5.56 Å². The number of rotatable bonds is 7. The van der Waals surface area contributed by atoms with E-state index in [0.717, 1.165) is 57.1 Å². The summed E-state index contributed by atoms with van der Waals surface area (Å²) in [7, 11) is 0. The zero-order chi connectivity index (χ0) is 23.3. The van der Waals surface area contributed by atoms with Crippen molar-refractivity contribution in [1.82, 2.24) is 14.3 Å². The maximum absolute atomic E-state index is 13.2. The molecule has 35 heavy (non-hydrogen) atoms. The molecular weight excluding hydrogens is 463 g/mol. The molecule has 0 unspecified atom stereocenters. The third-order valence-electron chi connectivity index (χ3n) is 7.44. The van der Waals surface area contributed by atoms with Gasteiger partial charge < -0.3 is 4.90 Å². The zero-order valence-electron chi connectivity index (χ0n) is 20.3. The van der Waals surface area contributed by atoms with E-state index in [1.54, 1.807) is 0 Å². The molecule has 188 valence electrons. The summed E-state index contributed by atoms with van der Waals surface area (Å²) in [5, 5.41) is 0. The number of hydrogen-bond donors (Lipinski definition) is 0. The van der Waals surface area contributed by atoms with Crippen molar-refractivity contribution in [2.45, 2.75) is 51.0 Å². The van der Waals surface area contributed by atoms with Crippen LogP contribution in [0.2, 0.25) is 0 Å². The van der Waals surface area contributed by atoms with E-state index in [4.69, 9.17) is 0 Å². The van der Waals surface area contributed by atoms with Crippen molar-refractivity contribution in [1.29, 1.82) is 0 Å². The third kappa shape index (κ3) is 5.99. The maximum atomic E-state index is 13.2. The van der Waals surface area contributed by atoms with Gasteiger partial charge in [-0.2, -0.15) is 0 Å². The SMILES string of the molecule is Cl.O=c1cc(C2CCCCC2)n(-c2ccccc2)n1CCCN1CCN(c2ccc(F)cc2)CC1. The number of piperazine rings is 1.